The van der Waals surface area contributed by atoms with Crippen LogP contribution < -0.4 is 5.32 Å². The monoisotopic (exact) mass is 286 g/mol. The molecular formula is C11H18ClF3N2O. The van der Waals surface area contributed by atoms with Crippen LogP contribution in [-0.4, -0.2) is 42.2 Å². The molecule has 1 heterocycles. The van der Waals surface area contributed by atoms with E-state index in [0.29, 0.717) is 25.9 Å². The summed E-state index contributed by atoms with van der Waals surface area (Å²) in [5, 5.41) is 3.12. The topological polar surface area (TPSA) is 32.3 Å². The summed E-state index contributed by atoms with van der Waals surface area (Å²) >= 11 is 0. The average Bonchev–Trinajstić information content (AvgIpc) is 2.29. The molecule has 18 heavy (non-hydrogen) atoms. The van der Waals surface area contributed by atoms with E-state index in [4.69, 9.17) is 0 Å². The molecule has 0 aromatic carbocycles. The van der Waals surface area contributed by atoms with Gasteiger partial charge in [-0.05, 0) is 12.8 Å². The van der Waals surface area contributed by atoms with Crippen LogP contribution in [0.4, 0.5) is 13.2 Å². The molecule has 3 nitrogen and oxygen atoms in total. The summed E-state index contributed by atoms with van der Waals surface area (Å²) in [4.78, 5) is 12.5. The fourth-order valence-corrected chi connectivity index (χ4v) is 2.97. The van der Waals surface area contributed by atoms with Gasteiger partial charge in [-0.15, -0.1) is 12.4 Å². The van der Waals surface area contributed by atoms with E-state index in [9.17, 15) is 18.0 Å². The van der Waals surface area contributed by atoms with Crippen LogP contribution in [0.5, 0.6) is 0 Å². The molecule has 1 spiro atoms. The minimum Gasteiger partial charge on any atom is -0.327 e. The Kier molecular flexibility index (Phi) is 4.89. The van der Waals surface area contributed by atoms with Crippen LogP contribution in [0, 0.1) is 0 Å². The van der Waals surface area contributed by atoms with E-state index >= 15 is 0 Å². The van der Waals surface area contributed by atoms with Gasteiger partial charge in [0.2, 0.25) is 0 Å². The molecule has 1 N–H and O–H groups in total. The summed E-state index contributed by atoms with van der Waals surface area (Å²) in [5.41, 5.74) is -0.594. The van der Waals surface area contributed by atoms with Crippen LogP contribution in [-0.2, 0) is 4.79 Å². The first kappa shape index (κ1) is 15.6. The standard InChI is InChI=1S/C11H17F3N2O.ClH/c12-11(13,14)9(17)16-7-6-15-8-10(16)4-2-1-3-5-10;/h15H,1-8H2;1H. The molecule has 1 saturated carbocycles. The molecule has 7 heteroatoms. The van der Waals surface area contributed by atoms with Crippen LogP contribution in [0.2, 0.25) is 0 Å². The Labute approximate surface area is 110 Å². The van der Waals surface area contributed by atoms with Gasteiger partial charge in [0.15, 0.2) is 0 Å². The molecule has 2 aliphatic rings. The van der Waals surface area contributed by atoms with Crippen molar-refractivity contribution in [3.63, 3.8) is 0 Å². The molecule has 1 saturated heterocycles. The molecule has 0 unspecified atom stereocenters. The third-order valence-electron chi connectivity index (χ3n) is 3.81. The van der Waals surface area contributed by atoms with Gasteiger partial charge in [-0.2, -0.15) is 13.2 Å². The second kappa shape index (κ2) is 5.65. The average molecular weight is 287 g/mol. The molecule has 106 valence electrons. The summed E-state index contributed by atoms with van der Waals surface area (Å²) < 4.78 is 37.7. The summed E-state index contributed by atoms with van der Waals surface area (Å²) in [7, 11) is 0. The number of piperazine rings is 1. The summed E-state index contributed by atoms with van der Waals surface area (Å²) in [6.07, 6.45) is -0.520. The third-order valence-corrected chi connectivity index (χ3v) is 3.81. The maximum Gasteiger partial charge on any atom is 0.471 e. The first-order chi connectivity index (χ1) is 7.96. The Bertz CT molecular complexity index is 295. The van der Waals surface area contributed by atoms with Gasteiger partial charge in [0.1, 0.15) is 0 Å². The highest BCUT2D eigenvalue weighted by atomic mass is 35.5. The number of carbonyl (C=O) groups is 1. The van der Waals surface area contributed by atoms with Crippen LogP contribution in [0.15, 0.2) is 0 Å². The zero-order valence-electron chi connectivity index (χ0n) is 10.1. The van der Waals surface area contributed by atoms with E-state index in [1.54, 1.807) is 0 Å². The summed E-state index contributed by atoms with van der Waals surface area (Å²) in [6, 6.07) is 0. The number of hydrogen-bond acceptors (Lipinski definition) is 2. The van der Waals surface area contributed by atoms with Gasteiger partial charge in [-0.3, -0.25) is 4.79 Å². The van der Waals surface area contributed by atoms with Crippen molar-refractivity contribution in [1.82, 2.24) is 10.2 Å². The SMILES string of the molecule is Cl.O=C(N1CCNCC12CCCCC2)C(F)(F)F. The predicted molar refractivity (Wildman–Crippen MR) is 63.7 cm³/mol. The van der Waals surface area contributed by atoms with Crippen molar-refractivity contribution in [1.29, 1.82) is 0 Å². The van der Waals surface area contributed by atoms with E-state index in [-0.39, 0.29) is 19.0 Å². The number of hydrogen-bond donors (Lipinski definition) is 1. The molecule has 1 aliphatic carbocycles. The van der Waals surface area contributed by atoms with Crippen molar-refractivity contribution in [2.24, 2.45) is 0 Å². The molecule has 0 aromatic rings. The Morgan fingerprint density at radius 3 is 2.33 bits per heavy atom. The minimum atomic E-state index is -4.75. The number of amides is 1. The Hall–Kier alpha value is -0.490. The highest BCUT2D eigenvalue weighted by molar-refractivity contribution is 5.85. The van der Waals surface area contributed by atoms with E-state index in [0.717, 1.165) is 24.2 Å². The largest absolute Gasteiger partial charge is 0.471 e. The summed E-state index contributed by atoms with van der Waals surface area (Å²) in [6.45, 7) is 1.11. The Morgan fingerprint density at radius 1 is 1.17 bits per heavy atom. The van der Waals surface area contributed by atoms with Crippen LogP contribution in [0.1, 0.15) is 32.1 Å². The normalized spacial score (nSPS) is 23.6. The number of carbonyl (C=O) groups excluding carboxylic acids is 1. The molecule has 0 radical (unpaired) electrons. The number of halogens is 4. The third kappa shape index (κ3) is 2.91. The zero-order valence-corrected chi connectivity index (χ0v) is 10.9. The molecule has 2 fully saturated rings. The molecule has 0 aromatic heterocycles. The van der Waals surface area contributed by atoms with Crippen LogP contribution in [0.25, 0.3) is 0 Å². The van der Waals surface area contributed by atoms with Gasteiger partial charge in [0.05, 0.1) is 5.54 Å². The highest BCUT2D eigenvalue weighted by Crippen LogP contribution is 2.36. The van der Waals surface area contributed by atoms with Crippen LogP contribution >= 0.6 is 12.4 Å². The zero-order chi connectivity index (χ0) is 12.5. The van der Waals surface area contributed by atoms with Gasteiger partial charge < -0.3 is 10.2 Å². The Balaban J connectivity index is 0.00000162. The Morgan fingerprint density at radius 2 is 1.78 bits per heavy atom. The minimum absolute atomic E-state index is 0. The molecule has 1 amide bonds. The maximum atomic E-state index is 12.6. The quantitative estimate of drug-likeness (QED) is 0.740. The van der Waals surface area contributed by atoms with Gasteiger partial charge in [-0.1, -0.05) is 19.3 Å². The van der Waals surface area contributed by atoms with Gasteiger partial charge in [0, 0.05) is 19.6 Å². The number of nitrogens with zero attached hydrogens (tertiary/aromatic N) is 1. The van der Waals surface area contributed by atoms with Gasteiger partial charge in [-0.25, -0.2) is 0 Å². The van der Waals surface area contributed by atoms with Crippen molar-refractivity contribution in [2.75, 3.05) is 19.6 Å². The van der Waals surface area contributed by atoms with Crippen molar-refractivity contribution in [3.05, 3.63) is 0 Å². The van der Waals surface area contributed by atoms with E-state index < -0.39 is 17.6 Å². The highest BCUT2D eigenvalue weighted by Gasteiger charge is 2.51. The van der Waals surface area contributed by atoms with Gasteiger partial charge in [0.25, 0.3) is 0 Å². The number of rotatable bonds is 0. The summed E-state index contributed by atoms with van der Waals surface area (Å²) in [5.74, 6) is -1.67. The second-order valence-electron chi connectivity index (χ2n) is 4.92. The smallest absolute Gasteiger partial charge is 0.327 e. The molecular weight excluding hydrogens is 269 g/mol. The molecule has 1 aliphatic heterocycles. The first-order valence-corrected chi connectivity index (χ1v) is 6.05. The molecule has 0 bridgehead atoms. The fraction of sp³-hybridized carbons (Fsp3) is 0.909. The van der Waals surface area contributed by atoms with Crippen molar-refractivity contribution in [2.45, 2.75) is 43.8 Å². The number of alkyl halides is 3. The molecule has 2 rings (SSSR count). The van der Waals surface area contributed by atoms with E-state index in [1.807, 2.05) is 0 Å². The van der Waals surface area contributed by atoms with E-state index in [1.165, 1.54) is 0 Å². The maximum absolute atomic E-state index is 12.6. The fourth-order valence-electron chi connectivity index (χ4n) is 2.97. The van der Waals surface area contributed by atoms with Crippen molar-refractivity contribution < 1.29 is 18.0 Å². The second-order valence-corrected chi connectivity index (χ2v) is 4.92. The lowest BCUT2D eigenvalue weighted by Gasteiger charge is -2.49. The lowest BCUT2D eigenvalue weighted by Crippen LogP contribution is -2.65. The van der Waals surface area contributed by atoms with Crippen molar-refractivity contribution in [3.8, 4) is 0 Å². The van der Waals surface area contributed by atoms with Crippen molar-refractivity contribution >= 4 is 18.3 Å². The lowest BCUT2D eigenvalue weighted by molar-refractivity contribution is -0.194. The first-order valence-electron chi connectivity index (χ1n) is 6.05. The number of nitrogens with one attached hydrogen (secondary N) is 1. The van der Waals surface area contributed by atoms with Gasteiger partial charge >= 0.3 is 12.1 Å². The predicted octanol–water partition coefficient (Wildman–Crippen LogP) is 2.11. The molecule has 0 atom stereocenters. The van der Waals surface area contributed by atoms with E-state index in [2.05, 4.69) is 5.32 Å². The lowest BCUT2D eigenvalue weighted by atomic mass is 9.79. The van der Waals surface area contributed by atoms with Crippen LogP contribution in [0.3, 0.4) is 0 Å².